The average Bonchev–Trinajstić information content (AvgIpc) is 3.31. The Morgan fingerprint density at radius 3 is 2.92 bits per heavy atom. The summed E-state index contributed by atoms with van der Waals surface area (Å²) >= 11 is 0. The molecule has 2 aliphatic heterocycles. The van der Waals surface area contributed by atoms with E-state index in [0.29, 0.717) is 19.8 Å². The summed E-state index contributed by atoms with van der Waals surface area (Å²) in [4.78, 5) is 14.4. The number of urea groups is 1. The van der Waals surface area contributed by atoms with Crippen molar-refractivity contribution in [3.05, 3.63) is 47.9 Å². The molecule has 1 aromatic carbocycles. The summed E-state index contributed by atoms with van der Waals surface area (Å²) in [6.45, 7) is 2.30. The van der Waals surface area contributed by atoms with Gasteiger partial charge in [-0.25, -0.2) is 4.79 Å². The normalized spacial score (nSPS) is 19.3. The second-order valence-electron chi connectivity index (χ2n) is 5.99. The number of amides is 2. The quantitative estimate of drug-likeness (QED) is 0.940. The lowest BCUT2D eigenvalue weighted by Crippen LogP contribution is -2.39. The van der Waals surface area contributed by atoms with Crippen LogP contribution in [-0.2, 0) is 6.54 Å². The van der Waals surface area contributed by atoms with Gasteiger partial charge in [-0.1, -0.05) is 6.07 Å². The van der Waals surface area contributed by atoms with Crippen molar-refractivity contribution in [2.45, 2.75) is 25.4 Å². The number of hydrogen-bond acceptors (Lipinski definition) is 4. The highest BCUT2D eigenvalue weighted by Gasteiger charge is 2.30. The molecule has 6 heteroatoms. The third-order valence-electron chi connectivity index (χ3n) is 4.46. The summed E-state index contributed by atoms with van der Waals surface area (Å²) in [5, 5.41) is 2.93. The van der Waals surface area contributed by atoms with E-state index < -0.39 is 0 Å². The zero-order valence-electron chi connectivity index (χ0n) is 13.4. The number of rotatable bonds is 3. The van der Waals surface area contributed by atoms with Gasteiger partial charge in [-0.3, -0.25) is 0 Å². The summed E-state index contributed by atoms with van der Waals surface area (Å²) in [5.41, 5.74) is 1.09. The van der Waals surface area contributed by atoms with Gasteiger partial charge in [0, 0.05) is 6.54 Å². The highest BCUT2D eigenvalue weighted by molar-refractivity contribution is 5.75. The Bertz CT molecular complexity index is 714. The molecule has 0 bridgehead atoms. The highest BCUT2D eigenvalue weighted by atomic mass is 16.6. The molecule has 0 saturated carbocycles. The van der Waals surface area contributed by atoms with Crippen molar-refractivity contribution in [1.29, 1.82) is 0 Å². The van der Waals surface area contributed by atoms with E-state index >= 15 is 0 Å². The van der Waals surface area contributed by atoms with Gasteiger partial charge in [0.1, 0.15) is 19.0 Å². The van der Waals surface area contributed by atoms with E-state index in [9.17, 15) is 4.79 Å². The maximum absolute atomic E-state index is 12.5. The van der Waals surface area contributed by atoms with Crippen molar-refractivity contribution < 1.29 is 18.7 Å². The number of furan rings is 1. The molecule has 0 aliphatic carbocycles. The van der Waals surface area contributed by atoms with Gasteiger partial charge in [0.15, 0.2) is 11.5 Å². The van der Waals surface area contributed by atoms with Crippen molar-refractivity contribution in [3.63, 3.8) is 0 Å². The number of benzene rings is 1. The highest BCUT2D eigenvalue weighted by Crippen LogP contribution is 2.38. The third-order valence-corrected chi connectivity index (χ3v) is 4.46. The number of nitrogens with zero attached hydrogens (tertiary/aromatic N) is 1. The van der Waals surface area contributed by atoms with Gasteiger partial charge < -0.3 is 24.1 Å². The summed E-state index contributed by atoms with van der Waals surface area (Å²) < 4.78 is 16.5. The van der Waals surface area contributed by atoms with Gasteiger partial charge in [-0.05, 0) is 42.7 Å². The summed E-state index contributed by atoms with van der Waals surface area (Å²) in [5.74, 6) is 2.29. The maximum Gasteiger partial charge on any atom is 0.318 e. The Hall–Kier alpha value is -2.63. The molecule has 3 heterocycles. The number of likely N-dealkylation sites (tertiary alicyclic amines) is 1. The van der Waals surface area contributed by atoms with Crippen molar-refractivity contribution in [2.75, 3.05) is 19.8 Å². The van der Waals surface area contributed by atoms with E-state index in [1.807, 2.05) is 35.2 Å². The molecule has 1 atom stereocenters. The molecule has 0 unspecified atom stereocenters. The molecule has 1 N–H and O–H groups in total. The van der Waals surface area contributed by atoms with E-state index in [4.69, 9.17) is 13.9 Å². The molecular weight excluding hydrogens is 308 g/mol. The zero-order valence-corrected chi connectivity index (χ0v) is 13.4. The lowest BCUT2D eigenvalue weighted by atomic mass is 10.0. The molecule has 24 heavy (non-hydrogen) atoms. The van der Waals surface area contributed by atoms with E-state index in [0.717, 1.165) is 42.2 Å². The first-order chi connectivity index (χ1) is 11.8. The van der Waals surface area contributed by atoms with Crippen molar-refractivity contribution >= 4 is 6.03 Å². The molecule has 0 radical (unpaired) electrons. The number of fused-ring (bicyclic) bond motifs is 1. The molecule has 1 saturated heterocycles. The number of carbonyl (C=O) groups is 1. The van der Waals surface area contributed by atoms with Crippen LogP contribution in [0.15, 0.2) is 41.0 Å². The minimum Gasteiger partial charge on any atom is -0.486 e. The number of carbonyl (C=O) groups excluding carboxylic acids is 1. The molecule has 0 spiro atoms. The summed E-state index contributed by atoms with van der Waals surface area (Å²) in [6, 6.07) is 9.62. The number of hydrogen-bond donors (Lipinski definition) is 1. The van der Waals surface area contributed by atoms with E-state index in [-0.39, 0.29) is 12.1 Å². The Morgan fingerprint density at radius 1 is 1.21 bits per heavy atom. The first-order valence-electron chi connectivity index (χ1n) is 8.27. The van der Waals surface area contributed by atoms with Gasteiger partial charge in [-0.2, -0.15) is 0 Å². The fourth-order valence-electron chi connectivity index (χ4n) is 3.30. The SMILES string of the molecule is O=C(NCc1ccco1)N1CCC[C@H]1c1ccc2c(c1)OCCO2. The van der Waals surface area contributed by atoms with Crippen molar-refractivity contribution in [1.82, 2.24) is 10.2 Å². The van der Waals surface area contributed by atoms with Crippen molar-refractivity contribution in [2.24, 2.45) is 0 Å². The second kappa shape index (κ2) is 6.47. The molecule has 2 aliphatic rings. The molecule has 1 fully saturated rings. The Balaban J connectivity index is 1.47. The smallest absolute Gasteiger partial charge is 0.318 e. The molecule has 1 aromatic heterocycles. The Morgan fingerprint density at radius 2 is 2.08 bits per heavy atom. The van der Waals surface area contributed by atoms with Gasteiger partial charge in [0.25, 0.3) is 0 Å². The lowest BCUT2D eigenvalue weighted by Gasteiger charge is -2.26. The second-order valence-corrected chi connectivity index (χ2v) is 5.99. The predicted molar refractivity (Wildman–Crippen MR) is 87.1 cm³/mol. The van der Waals surface area contributed by atoms with E-state index in [1.165, 1.54) is 0 Å². The third kappa shape index (κ3) is 2.91. The lowest BCUT2D eigenvalue weighted by molar-refractivity contribution is 0.170. The van der Waals surface area contributed by atoms with Crippen LogP contribution in [0.2, 0.25) is 0 Å². The van der Waals surface area contributed by atoms with Crippen LogP contribution in [0.4, 0.5) is 4.79 Å². The molecule has 126 valence electrons. The van der Waals surface area contributed by atoms with Crippen LogP contribution in [0.5, 0.6) is 11.5 Å². The van der Waals surface area contributed by atoms with Gasteiger partial charge in [0.05, 0.1) is 18.8 Å². The van der Waals surface area contributed by atoms with Gasteiger partial charge in [0.2, 0.25) is 0 Å². The standard InChI is InChI=1S/C18H20N2O4/c21-18(19-12-14-3-2-8-22-14)20-7-1-4-15(20)13-5-6-16-17(11-13)24-10-9-23-16/h2-3,5-6,8,11,15H,1,4,7,9-10,12H2,(H,19,21)/t15-/m0/s1. The Kier molecular flexibility index (Phi) is 4.02. The molecule has 4 rings (SSSR count). The zero-order chi connectivity index (χ0) is 16.4. The monoisotopic (exact) mass is 328 g/mol. The molecule has 6 nitrogen and oxygen atoms in total. The first kappa shape index (κ1) is 14.9. The fourth-order valence-corrected chi connectivity index (χ4v) is 3.30. The van der Waals surface area contributed by atoms with Crippen LogP contribution >= 0.6 is 0 Å². The molecular formula is C18H20N2O4. The van der Waals surface area contributed by atoms with Crippen LogP contribution in [-0.4, -0.2) is 30.7 Å². The fraction of sp³-hybridized carbons (Fsp3) is 0.389. The summed E-state index contributed by atoms with van der Waals surface area (Å²) in [7, 11) is 0. The van der Waals surface area contributed by atoms with E-state index in [2.05, 4.69) is 5.32 Å². The Labute approximate surface area is 140 Å². The maximum atomic E-state index is 12.5. The predicted octanol–water partition coefficient (Wildman–Crippen LogP) is 3.10. The van der Waals surface area contributed by atoms with Gasteiger partial charge >= 0.3 is 6.03 Å². The van der Waals surface area contributed by atoms with E-state index in [1.54, 1.807) is 6.26 Å². The largest absolute Gasteiger partial charge is 0.486 e. The van der Waals surface area contributed by atoms with Crippen LogP contribution in [0.1, 0.15) is 30.2 Å². The first-order valence-corrected chi connectivity index (χ1v) is 8.27. The van der Waals surface area contributed by atoms with Crippen LogP contribution < -0.4 is 14.8 Å². The molecule has 2 aromatic rings. The van der Waals surface area contributed by atoms with Gasteiger partial charge in [-0.15, -0.1) is 0 Å². The topological polar surface area (TPSA) is 63.9 Å². The summed E-state index contributed by atoms with van der Waals surface area (Å²) in [6.07, 6.45) is 3.55. The average molecular weight is 328 g/mol. The van der Waals surface area contributed by atoms with Crippen LogP contribution in [0.25, 0.3) is 0 Å². The molecule has 2 amide bonds. The number of nitrogens with one attached hydrogen (secondary N) is 1. The van der Waals surface area contributed by atoms with Crippen molar-refractivity contribution in [3.8, 4) is 11.5 Å². The minimum absolute atomic E-state index is 0.0659. The number of ether oxygens (including phenoxy) is 2. The minimum atomic E-state index is -0.0659. The van der Waals surface area contributed by atoms with Crippen LogP contribution in [0.3, 0.4) is 0 Å². The van der Waals surface area contributed by atoms with Crippen LogP contribution in [0, 0.1) is 0 Å².